The molecule has 0 radical (unpaired) electrons. The Hall–Kier alpha value is -3.68. The lowest BCUT2D eigenvalue weighted by Crippen LogP contribution is -2.57. The molecule has 2 aromatic carbocycles. The van der Waals surface area contributed by atoms with E-state index in [0.29, 0.717) is 16.8 Å². The lowest BCUT2D eigenvalue weighted by molar-refractivity contribution is -0.185. The highest BCUT2D eigenvalue weighted by atomic mass is 19.4. The number of nitrogens with zero attached hydrogens (tertiary/aromatic N) is 3. The van der Waals surface area contributed by atoms with Crippen molar-refractivity contribution in [2.24, 2.45) is 4.99 Å². The molecule has 0 spiro atoms. The number of amidine groups is 1. The van der Waals surface area contributed by atoms with Crippen LogP contribution in [0.15, 0.2) is 83.9 Å². The fraction of sp³-hybridized carbons (Fsp3) is 0.174. The first-order valence-electron chi connectivity index (χ1n) is 9.60. The number of aryl methyl sites for hydroxylation is 1. The Morgan fingerprint density at radius 3 is 2.19 bits per heavy atom. The molecule has 0 saturated carbocycles. The summed E-state index contributed by atoms with van der Waals surface area (Å²) in [5.74, 6) is -1.33. The minimum Gasteiger partial charge on any atom is -0.331 e. The first kappa shape index (κ1) is 20.6. The molecule has 2 heterocycles. The number of rotatable bonds is 5. The predicted octanol–water partition coefficient (Wildman–Crippen LogP) is 4.55. The SMILES string of the molecule is Cc1cccc(N[C@@]2(C(F)(F)F)N=C(c3ccccc3)N(Cc3ccccc3)C2=O)n1. The van der Waals surface area contributed by atoms with Gasteiger partial charge in [-0.3, -0.25) is 9.69 Å². The van der Waals surface area contributed by atoms with Gasteiger partial charge >= 0.3 is 11.8 Å². The summed E-state index contributed by atoms with van der Waals surface area (Å²) in [6.45, 7) is 1.61. The quantitative estimate of drug-likeness (QED) is 0.654. The van der Waals surface area contributed by atoms with Crippen LogP contribution in [0.1, 0.15) is 16.8 Å². The van der Waals surface area contributed by atoms with Crippen LogP contribution in [0.3, 0.4) is 0 Å². The van der Waals surface area contributed by atoms with E-state index in [1.54, 1.807) is 79.7 Å². The first-order chi connectivity index (χ1) is 14.8. The van der Waals surface area contributed by atoms with Gasteiger partial charge in [0.15, 0.2) is 0 Å². The van der Waals surface area contributed by atoms with E-state index in [1.807, 2.05) is 0 Å². The summed E-state index contributed by atoms with van der Waals surface area (Å²) in [7, 11) is 0. The topological polar surface area (TPSA) is 57.6 Å². The van der Waals surface area contributed by atoms with Crippen LogP contribution in [0.2, 0.25) is 0 Å². The van der Waals surface area contributed by atoms with E-state index in [1.165, 1.54) is 6.07 Å². The highest BCUT2D eigenvalue weighted by molar-refractivity contribution is 6.16. The van der Waals surface area contributed by atoms with Crippen LogP contribution in [0.25, 0.3) is 0 Å². The molecule has 0 saturated heterocycles. The van der Waals surface area contributed by atoms with Crippen molar-refractivity contribution in [3.63, 3.8) is 0 Å². The second-order valence-corrected chi connectivity index (χ2v) is 7.18. The number of amides is 1. The van der Waals surface area contributed by atoms with Crippen molar-refractivity contribution in [1.29, 1.82) is 0 Å². The lowest BCUT2D eigenvalue weighted by atomic mass is 10.1. The molecule has 3 aromatic rings. The van der Waals surface area contributed by atoms with Crippen LogP contribution < -0.4 is 5.32 Å². The van der Waals surface area contributed by atoms with Gasteiger partial charge in [-0.25, -0.2) is 9.98 Å². The number of anilines is 1. The molecule has 0 bridgehead atoms. The zero-order valence-electron chi connectivity index (χ0n) is 16.6. The highest BCUT2D eigenvalue weighted by Gasteiger charge is 2.66. The van der Waals surface area contributed by atoms with E-state index in [0.717, 1.165) is 4.90 Å². The van der Waals surface area contributed by atoms with Gasteiger partial charge < -0.3 is 5.32 Å². The summed E-state index contributed by atoms with van der Waals surface area (Å²) in [5.41, 5.74) is -1.56. The summed E-state index contributed by atoms with van der Waals surface area (Å²) < 4.78 is 43.2. The molecule has 1 N–H and O–H groups in total. The zero-order chi connectivity index (χ0) is 22.1. The lowest BCUT2D eigenvalue weighted by Gasteiger charge is -2.29. The van der Waals surface area contributed by atoms with Gasteiger partial charge in [-0.15, -0.1) is 0 Å². The standard InChI is InChI=1S/C23H19F3N4O/c1-16-9-8-14-19(27-16)28-22(23(24,25)26)21(31)30(15-17-10-4-2-5-11-17)20(29-22)18-12-6-3-7-13-18/h2-14H,15H2,1H3,(H,27,28)/t22-/m1/s1. The Labute approximate surface area is 177 Å². The number of carbonyl (C=O) groups excluding carboxylic acids is 1. The maximum atomic E-state index is 14.4. The fourth-order valence-electron chi connectivity index (χ4n) is 3.41. The number of hydrogen-bond donors (Lipinski definition) is 1. The Kier molecular flexibility index (Phi) is 5.22. The average molecular weight is 424 g/mol. The molecule has 0 fully saturated rings. The number of benzene rings is 2. The van der Waals surface area contributed by atoms with Gasteiger partial charge in [0, 0.05) is 11.3 Å². The Morgan fingerprint density at radius 2 is 1.58 bits per heavy atom. The van der Waals surface area contributed by atoms with Gasteiger partial charge in [0.05, 0.1) is 6.54 Å². The fourth-order valence-corrected chi connectivity index (χ4v) is 3.41. The maximum Gasteiger partial charge on any atom is 0.442 e. The average Bonchev–Trinajstić information content (AvgIpc) is 3.02. The van der Waals surface area contributed by atoms with Crippen molar-refractivity contribution in [3.8, 4) is 0 Å². The van der Waals surface area contributed by atoms with Crippen molar-refractivity contribution in [2.75, 3.05) is 5.32 Å². The van der Waals surface area contributed by atoms with Crippen molar-refractivity contribution >= 4 is 17.6 Å². The number of nitrogens with one attached hydrogen (secondary N) is 1. The van der Waals surface area contributed by atoms with E-state index >= 15 is 0 Å². The molecule has 1 aliphatic rings. The normalized spacial score (nSPS) is 18.8. The molecule has 1 atom stereocenters. The number of carbonyl (C=O) groups is 1. The largest absolute Gasteiger partial charge is 0.442 e. The number of hydrogen-bond acceptors (Lipinski definition) is 4. The second-order valence-electron chi connectivity index (χ2n) is 7.18. The minimum absolute atomic E-state index is 0.0475. The van der Waals surface area contributed by atoms with Gasteiger partial charge in [0.25, 0.3) is 5.91 Å². The Bertz CT molecular complexity index is 1120. The van der Waals surface area contributed by atoms with Crippen LogP contribution in [0.5, 0.6) is 0 Å². The molecule has 0 aliphatic carbocycles. The molecular weight excluding hydrogens is 405 g/mol. The second kappa shape index (κ2) is 7.86. The molecule has 5 nitrogen and oxygen atoms in total. The molecular formula is C23H19F3N4O. The van der Waals surface area contributed by atoms with Crippen molar-refractivity contribution in [1.82, 2.24) is 9.88 Å². The van der Waals surface area contributed by atoms with Gasteiger partial charge in [-0.2, -0.15) is 13.2 Å². The summed E-state index contributed by atoms with van der Waals surface area (Å²) in [6.07, 6.45) is -5.00. The third-order valence-corrected chi connectivity index (χ3v) is 4.91. The van der Waals surface area contributed by atoms with Crippen LogP contribution in [-0.4, -0.2) is 33.5 Å². The molecule has 1 aromatic heterocycles. The van der Waals surface area contributed by atoms with E-state index < -0.39 is 17.7 Å². The summed E-state index contributed by atoms with van der Waals surface area (Å²) in [4.78, 5) is 22.5. The summed E-state index contributed by atoms with van der Waals surface area (Å²) in [5, 5.41) is 2.29. The van der Waals surface area contributed by atoms with E-state index in [4.69, 9.17) is 0 Å². The van der Waals surface area contributed by atoms with Gasteiger partial charge in [0.1, 0.15) is 11.7 Å². The first-order valence-corrected chi connectivity index (χ1v) is 9.60. The number of aliphatic imine (C=N–C) groups is 1. The van der Waals surface area contributed by atoms with Crippen LogP contribution in [0.4, 0.5) is 19.0 Å². The Morgan fingerprint density at radius 1 is 0.935 bits per heavy atom. The summed E-state index contributed by atoms with van der Waals surface area (Å²) in [6, 6.07) is 21.8. The van der Waals surface area contributed by atoms with E-state index in [9.17, 15) is 18.0 Å². The van der Waals surface area contributed by atoms with Crippen LogP contribution >= 0.6 is 0 Å². The van der Waals surface area contributed by atoms with Crippen molar-refractivity contribution in [3.05, 3.63) is 95.7 Å². The summed E-state index contributed by atoms with van der Waals surface area (Å²) >= 11 is 0. The smallest absolute Gasteiger partial charge is 0.331 e. The zero-order valence-corrected chi connectivity index (χ0v) is 16.6. The number of aromatic nitrogens is 1. The molecule has 0 unspecified atom stereocenters. The number of pyridine rings is 1. The van der Waals surface area contributed by atoms with Crippen LogP contribution in [0, 0.1) is 6.92 Å². The third-order valence-electron chi connectivity index (χ3n) is 4.91. The third kappa shape index (κ3) is 3.88. The predicted molar refractivity (Wildman–Crippen MR) is 111 cm³/mol. The highest BCUT2D eigenvalue weighted by Crippen LogP contribution is 2.41. The molecule has 1 amide bonds. The molecule has 31 heavy (non-hydrogen) atoms. The number of alkyl halides is 3. The van der Waals surface area contributed by atoms with Crippen LogP contribution in [-0.2, 0) is 11.3 Å². The number of halogens is 3. The molecule has 4 rings (SSSR count). The van der Waals surface area contributed by atoms with E-state index in [2.05, 4.69) is 15.3 Å². The Balaban J connectivity index is 1.84. The van der Waals surface area contributed by atoms with E-state index in [-0.39, 0.29) is 18.2 Å². The minimum atomic E-state index is -5.00. The van der Waals surface area contributed by atoms with Crippen molar-refractivity contribution in [2.45, 2.75) is 25.3 Å². The monoisotopic (exact) mass is 424 g/mol. The molecule has 158 valence electrons. The maximum absolute atomic E-state index is 14.4. The molecule has 1 aliphatic heterocycles. The van der Waals surface area contributed by atoms with Crippen molar-refractivity contribution < 1.29 is 18.0 Å². The van der Waals surface area contributed by atoms with Gasteiger partial charge in [-0.05, 0) is 24.6 Å². The molecule has 8 heteroatoms. The van der Waals surface area contributed by atoms with Gasteiger partial charge in [-0.1, -0.05) is 66.7 Å². The van der Waals surface area contributed by atoms with Gasteiger partial charge in [0.2, 0.25) is 0 Å².